The lowest BCUT2D eigenvalue weighted by molar-refractivity contribution is -0.131. The average Bonchev–Trinajstić information content (AvgIpc) is 2.25. The molecule has 5 heteroatoms. The van der Waals surface area contributed by atoms with Crippen LogP contribution in [0.25, 0.3) is 6.08 Å². The third kappa shape index (κ3) is 2.58. The zero-order valence-electron chi connectivity index (χ0n) is 8.40. The zero-order valence-corrected chi connectivity index (χ0v) is 8.40. The van der Waals surface area contributed by atoms with Crippen LogP contribution in [0, 0.1) is 17.1 Å². The summed E-state index contributed by atoms with van der Waals surface area (Å²) >= 11 is 0. The van der Waals surface area contributed by atoms with Gasteiger partial charge in [-0.25, -0.2) is 9.18 Å². The van der Waals surface area contributed by atoms with Gasteiger partial charge in [0.25, 0.3) is 0 Å². The van der Waals surface area contributed by atoms with Crippen LogP contribution in [0.2, 0.25) is 0 Å². The summed E-state index contributed by atoms with van der Waals surface area (Å²) in [6, 6.07) is 4.12. The molecular formula is C11H8FNO3. The van der Waals surface area contributed by atoms with Crippen molar-refractivity contribution >= 4 is 12.0 Å². The first-order valence-corrected chi connectivity index (χ1v) is 4.27. The summed E-state index contributed by atoms with van der Waals surface area (Å²) in [5.41, 5.74) is -0.0416. The molecule has 0 heterocycles. The maximum Gasteiger partial charge on any atom is 0.328 e. The largest absolute Gasteiger partial charge is 0.497 e. The van der Waals surface area contributed by atoms with E-state index in [1.54, 1.807) is 6.07 Å². The van der Waals surface area contributed by atoms with Crippen LogP contribution in [-0.2, 0) is 4.79 Å². The minimum Gasteiger partial charge on any atom is -0.497 e. The lowest BCUT2D eigenvalue weighted by Crippen LogP contribution is -1.93. The van der Waals surface area contributed by atoms with Crippen LogP contribution in [0.3, 0.4) is 0 Å². The highest BCUT2D eigenvalue weighted by atomic mass is 19.1. The van der Waals surface area contributed by atoms with E-state index in [1.165, 1.54) is 13.2 Å². The Hall–Kier alpha value is -2.35. The molecule has 4 nitrogen and oxygen atoms in total. The molecule has 82 valence electrons. The van der Waals surface area contributed by atoms with Crippen molar-refractivity contribution < 1.29 is 19.0 Å². The van der Waals surface area contributed by atoms with Crippen molar-refractivity contribution in [3.63, 3.8) is 0 Å². The third-order valence-corrected chi connectivity index (χ3v) is 1.85. The molecule has 1 aromatic carbocycles. The van der Waals surface area contributed by atoms with E-state index in [1.807, 2.05) is 0 Å². The number of rotatable bonds is 3. The molecule has 0 amide bonds. The van der Waals surface area contributed by atoms with E-state index < -0.39 is 11.8 Å². The van der Waals surface area contributed by atoms with Gasteiger partial charge < -0.3 is 9.84 Å². The van der Waals surface area contributed by atoms with E-state index in [0.717, 1.165) is 18.2 Å². The van der Waals surface area contributed by atoms with Gasteiger partial charge in [0.05, 0.1) is 12.7 Å². The van der Waals surface area contributed by atoms with Gasteiger partial charge in [0, 0.05) is 12.1 Å². The van der Waals surface area contributed by atoms with Crippen LogP contribution in [-0.4, -0.2) is 18.2 Å². The molecule has 0 bridgehead atoms. The standard InChI is InChI=1S/C11H8FNO3/c1-16-8-4-7(2-3-11(14)15)9(6-13)10(12)5-8/h2-5H,1H3,(H,14,15)/b3-2+. The van der Waals surface area contributed by atoms with Gasteiger partial charge in [-0.1, -0.05) is 0 Å². The normalized spacial score (nSPS) is 10.1. The van der Waals surface area contributed by atoms with Gasteiger partial charge in [0.1, 0.15) is 17.6 Å². The highest BCUT2D eigenvalue weighted by Crippen LogP contribution is 2.22. The van der Waals surface area contributed by atoms with E-state index in [2.05, 4.69) is 0 Å². The smallest absolute Gasteiger partial charge is 0.328 e. The highest BCUT2D eigenvalue weighted by molar-refractivity contribution is 5.86. The zero-order chi connectivity index (χ0) is 12.1. The summed E-state index contributed by atoms with van der Waals surface area (Å²) in [5, 5.41) is 17.2. The highest BCUT2D eigenvalue weighted by Gasteiger charge is 2.09. The van der Waals surface area contributed by atoms with E-state index in [4.69, 9.17) is 15.1 Å². The molecule has 0 unspecified atom stereocenters. The number of nitrogens with zero attached hydrogens (tertiary/aromatic N) is 1. The molecule has 0 spiro atoms. The summed E-state index contributed by atoms with van der Waals surface area (Å²) < 4.78 is 18.1. The Bertz CT molecular complexity index is 489. The second-order valence-electron chi connectivity index (χ2n) is 2.86. The third-order valence-electron chi connectivity index (χ3n) is 1.85. The molecule has 0 aliphatic carbocycles. The molecule has 0 aliphatic rings. The van der Waals surface area contributed by atoms with Gasteiger partial charge in [-0.05, 0) is 17.7 Å². The Morgan fingerprint density at radius 3 is 2.81 bits per heavy atom. The number of halogens is 1. The first-order valence-electron chi connectivity index (χ1n) is 4.27. The molecule has 0 aromatic heterocycles. The summed E-state index contributed by atoms with van der Waals surface area (Å²) in [6.45, 7) is 0. The topological polar surface area (TPSA) is 70.3 Å². The molecule has 0 saturated heterocycles. The van der Waals surface area contributed by atoms with Crippen molar-refractivity contribution in [1.82, 2.24) is 0 Å². The summed E-state index contributed by atoms with van der Waals surface area (Å²) in [7, 11) is 1.35. The average molecular weight is 221 g/mol. The van der Waals surface area contributed by atoms with Crippen molar-refractivity contribution in [1.29, 1.82) is 5.26 Å². The maximum absolute atomic E-state index is 13.3. The molecular weight excluding hydrogens is 213 g/mol. The second-order valence-corrected chi connectivity index (χ2v) is 2.86. The van der Waals surface area contributed by atoms with E-state index in [9.17, 15) is 9.18 Å². The molecule has 0 fully saturated rings. The maximum atomic E-state index is 13.3. The fourth-order valence-corrected chi connectivity index (χ4v) is 1.13. The summed E-state index contributed by atoms with van der Waals surface area (Å²) in [4.78, 5) is 10.3. The quantitative estimate of drug-likeness (QED) is 0.790. The fourth-order valence-electron chi connectivity index (χ4n) is 1.13. The van der Waals surface area contributed by atoms with Gasteiger partial charge in [-0.2, -0.15) is 5.26 Å². The number of carboxylic acids is 1. The van der Waals surface area contributed by atoms with Crippen molar-refractivity contribution in [2.24, 2.45) is 0 Å². The van der Waals surface area contributed by atoms with Gasteiger partial charge in [0.15, 0.2) is 0 Å². The van der Waals surface area contributed by atoms with E-state index in [-0.39, 0.29) is 16.9 Å². The van der Waals surface area contributed by atoms with Crippen LogP contribution in [0.1, 0.15) is 11.1 Å². The van der Waals surface area contributed by atoms with Crippen LogP contribution in [0.5, 0.6) is 5.75 Å². The number of methoxy groups -OCH3 is 1. The summed E-state index contributed by atoms with van der Waals surface area (Å²) in [6.07, 6.45) is 1.97. The Kier molecular flexibility index (Phi) is 3.62. The number of nitriles is 1. The monoisotopic (exact) mass is 221 g/mol. The van der Waals surface area contributed by atoms with Gasteiger partial charge >= 0.3 is 5.97 Å². The van der Waals surface area contributed by atoms with Crippen molar-refractivity contribution in [2.45, 2.75) is 0 Å². The predicted molar refractivity (Wildman–Crippen MR) is 54.3 cm³/mol. The molecule has 1 rings (SSSR count). The molecule has 0 saturated carbocycles. The Balaban J connectivity index is 3.30. The molecule has 1 aromatic rings. The Labute approximate surface area is 91.2 Å². The van der Waals surface area contributed by atoms with Crippen molar-refractivity contribution in [3.8, 4) is 11.8 Å². The number of aliphatic carboxylic acids is 1. The van der Waals surface area contributed by atoms with Crippen LogP contribution in [0.15, 0.2) is 18.2 Å². The number of carboxylic acid groups (broad SMARTS) is 1. The van der Waals surface area contributed by atoms with Crippen LogP contribution < -0.4 is 4.74 Å². The Morgan fingerprint density at radius 1 is 1.62 bits per heavy atom. The van der Waals surface area contributed by atoms with Crippen molar-refractivity contribution in [2.75, 3.05) is 7.11 Å². The van der Waals surface area contributed by atoms with Crippen molar-refractivity contribution in [3.05, 3.63) is 35.2 Å². The fraction of sp³-hybridized carbons (Fsp3) is 0.0909. The number of carbonyl (C=O) groups is 1. The minimum absolute atomic E-state index is 0.168. The first kappa shape index (κ1) is 11.7. The number of benzene rings is 1. The van der Waals surface area contributed by atoms with Crippen LogP contribution in [0.4, 0.5) is 4.39 Å². The molecule has 0 aliphatic heterocycles. The summed E-state index contributed by atoms with van der Waals surface area (Å²) in [5.74, 6) is -1.69. The number of hydrogen-bond donors (Lipinski definition) is 1. The first-order chi connectivity index (χ1) is 7.58. The molecule has 0 radical (unpaired) electrons. The van der Waals surface area contributed by atoms with Crippen LogP contribution >= 0.6 is 0 Å². The second kappa shape index (κ2) is 4.94. The Morgan fingerprint density at radius 2 is 2.31 bits per heavy atom. The number of ether oxygens (including phenoxy) is 1. The van der Waals surface area contributed by atoms with Gasteiger partial charge in [0.2, 0.25) is 0 Å². The minimum atomic E-state index is -1.17. The SMILES string of the molecule is COc1cc(F)c(C#N)c(/C=C/C(=O)O)c1. The lowest BCUT2D eigenvalue weighted by atomic mass is 10.1. The molecule has 1 N–H and O–H groups in total. The van der Waals surface area contributed by atoms with E-state index in [0.29, 0.717) is 0 Å². The lowest BCUT2D eigenvalue weighted by Gasteiger charge is -2.04. The molecule has 0 atom stereocenters. The number of hydrogen-bond acceptors (Lipinski definition) is 3. The molecule has 16 heavy (non-hydrogen) atoms. The van der Waals surface area contributed by atoms with Gasteiger partial charge in [-0.3, -0.25) is 0 Å². The predicted octanol–water partition coefficient (Wildman–Crippen LogP) is 1.80. The van der Waals surface area contributed by atoms with E-state index >= 15 is 0 Å². The van der Waals surface area contributed by atoms with Gasteiger partial charge in [-0.15, -0.1) is 0 Å².